The number of nitrogens with zero attached hydrogens (tertiary/aromatic N) is 1. The molecule has 1 aliphatic heterocycles. The number of amides is 1. The van der Waals surface area contributed by atoms with E-state index in [1.165, 1.54) is 19.1 Å². The van der Waals surface area contributed by atoms with Crippen LogP contribution in [0.3, 0.4) is 0 Å². The normalized spacial score (nSPS) is 16.9. The highest BCUT2D eigenvalue weighted by molar-refractivity contribution is 7.94. The van der Waals surface area contributed by atoms with Gasteiger partial charge in [-0.1, -0.05) is 6.07 Å². The molecule has 0 spiro atoms. The lowest BCUT2D eigenvalue weighted by atomic mass is 10.2. The summed E-state index contributed by atoms with van der Waals surface area (Å²) < 4.78 is 56.1. The Bertz CT molecular complexity index is 907. The molecule has 138 valence electrons. The SMILES string of the molecule is CCOC(=O)CNS(=O)(=O)c1cc(N2C(=O)CCS2(=O)=O)ccc1C. The highest BCUT2D eigenvalue weighted by Crippen LogP contribution is 2.28. The summed E-state index contributed by atoms with van der Waals surface area (Å²) in [6.45, 7) is 2.67. The number of carbonyl (C=O) groups is 2. The van der Waals surface area contributed by atoms with Crippen LogP contribution in [0, 0.1) is 6.92 Å². The molecule has 1 fully saturated rings. The number of benzene rings is 1. The number of ether oxygens (including phenoxy) is 1. The number of esters is 1. The largest absolute Gasteiger partial charge is 0.465 e. The summed E-state index contributed by atoms with van der Waals surface area (Å²) in [7, 11) is -7.90. The van der Waals surface area contributed by atoms with E-state index in [1.807, 2.05) is 0 Å². The average molecular weight is 390 g/mol. The monoisotopic (exact) mass is 390 g/mol. The second kappa shape index (κ2) is 7.10. The van der Waals surface area contributed by atoms with E-state index in [4.69, 9.17) is 0 Å². The molecule has 1 N–H and O–H groups in total. The van der Waals surface area contributed by atoms with Crippen molar-refractivity contribution < 1.29 is 31.2 Å². The average Bonchev–Trinajstić information content (AvgIpc) is 2.80. The van der Waals surface area contributed by atoms with E-state index in [9.17, 15) is 26.4 Å². The number of hydrogen-bond acceptors (Lipinski definition) is 7. The molecule has 0 aliphatic carbocycles. The molecule has 25 heavy (non-hydrogen) atoms. The Morgan fingerprint density at radius 3 is 2.60 bits per heavy atom. The highest BCUT2D eigenvalue weighted by Gasteiger charge is 2.37. The van der Waals surface area contributed by atoms with Crippen LogP contribution in [0.15, 0.2) is 23.1 Å². The Morgan fingerprint density at radius 1 is 1.36 bits per heavy atom. The Labute approximate surface area is 146 Å². The number of hydrogen-bond donors (Lipinski definition) is 1. The first-order valence-corrected chi connectivity index (χ1v) is 10.5. The lowest BCUT2D eigenvalue weighted by Crippen LogP contribution is -2.32. The third-order valence-corrected chi connectivity index (χ3v) is 6.72. The number of carbonyl (C=O) groups excluding carboxylic acids is 2. The van der Waals surface area contributed by atoms with Crippen LogP contribution in [-0.2, 0) is 34.4 Å². The zero-order valence-electron chi connectivity index (χ0n) is 13.7. The van der Waals surface area contributed by atoms with Crippen LogP contribution >= 0.6 is 0 Å². The van der Waals surface area contributed by atoms with Crippen molar-refractivity contribution in [2.45, 2.75) is 25.2 Å². The topological polar surface area (TPSA) is 127 Å². The Kier molecular flexibility index (Phi) is 5.49. The smallest absolute Gasteiger partial charge is 0.321 e. The van der Waals surface area contributed by atoms with Gasteiger partial charge in [-0.3, -0.25) is 9.59 Å². The minimum absolute atomic E-state index is 0.0513. The van der Waals surface area contributed by atoms with Crippen LogP contribution in [-0.4, -0.2) is 47.6 Å². The van der Waals surface area contributed by atoms with Gasteiger partial charge >= 0.3 is 5.97 Å². The van der Waals surface area contributed by atoms with Gasteiger partial charge in [0.15, 0.2) is 0 Å². The van der Waals surface area contributed by atoms with E-state index in [2.05, 4.69) is 9.46 Å². The fourth-order valence-corrected chi connectivity index (χ4v) is 5.00. The van der Waals surface area contributed by atoms with Crippen molar-refractivity contribution in [1.82, 2.24) is 4.72 Å². The third kappa shape index (κ3) is 4.17. The molecule has 0 saturated carbocycles. The van der Waals surface area contributed by atoms with Crippen LogP contribution in [0.5, 0.6) is 0 Å². The summed E-state index contributed by atoms with van der Waals surface area (Å²) in [6, 6.07) is 3.86. The summed E-state index contributed by atoms with van der Waals surface area (Å²) in [6.07, 6.45) is -0.153. The predicted octanol–water partition coefficient (Wildman–Crippen LogP) is -0.0971. The van der Waals surface area contributed by atoms with E-state index in [0.717, 1.165) is 6.07 Å². The van der Waals surface area contributed by atoms with E-state index >= 15 is 0 Å². The highest BCUT2D eigenvalue weighted by atomic mass is 32.2. The minimum atomic E-state index is -4.09. The van der Waals surface area contributed by atoms with Crippen molar-refractivity contribution in [2.24, 2.45) is 0 Å². The first-order chi connectivity index (χ1) is 11.6. The number of sulfonamides is 2. The second-order valence-electron chi connectivity index (χ2n) is 5.30. The molecule has 1 saturated heterocycles. The molecule has 1 heterocycles. The van der Waals surface area contributed by atoms with E-state index in [0.29, 0.717) is 9.87 Å². The third-order valence-electron chi connectivity index (χ3n) is 3.49. The van der Waals surface area contributed by atoms with Gasteiger partial charge in [-0.05, 0) is 31.5 Å². The molecule has 0 bridgehead atoms. The van der Waals surface area contributed by atoms with Crippen LogP contribution in [0.25, 0.3) is 0 Å². The van der Waals surface area contributed by atoms with Gasteiger partial charge in [0.2, 0.25) is 26.0 Å². The molecule has 0 radical (unpaired) electrons. The van der Waals surface area contributed by atoms with Gasteiger partial charge in [0, 0.05) is 6.42 Å². The zero-order chi connectivity index (χ0) is 18.8. The van der Waals surface area contributed by atoms with E-state index < -0.39 is 38.5 Å². The minimum Gasteiger partial charge on any atom is -0.465 e. The number of anilines is 1. The fourth-order valence-electron chi connectivity index (χ4n) is 2.32. The Morgan fingerprint density at radius 2 is 2.04 bits per heavy atom. The van der Waals surface area contributed by atoms with Crippen LogP contribution in [0.1, 0.15) is 18.9 Å². The van der Waals surface area contributed by atoms with Gasteiger partial charge in [-0.2, -0.15) is 4.72 Å². The van der Waals surface area contributed by atoms with Crippen molar-refractivity contribution in [1.29, 1.82) is 0 Å². The summed E-state index contributed by atoms with van der Waals surface area (Å²) in [5.74, 6) is -1.67. The molecule has 0 aromatic heterocycles. The first-order valence-electron chi connectivity index (χ1n) is 7.40. The number of nitrogens with one attached hydrogen (secondary N) is 1. The van der Waals surface area contributed by atoms with Gasteiger partial charge in [0.25, 0.3) is 0 Å². The van der Waals surface area contributed by atoms with Gasteiger partial charge in [-0.25, -0.2) is 21.1 Å². The Balaban J connectivity index is 2.36. The first kappa shape index (κ1) is 19.3. The molecule has 1 amide bonds. The maximum Gasteiger partial charge on any atom is 0.321 e. The molecular formula is C14H18N2O7S2. The van der Waals surface area contributed by atoms with Gasteiger partial charge in [-0.15, -0.1) is 0 Å². The molecular weight excluding hydrogens is 372 g/mol. The maximum atomic E-state index is 12.4. The molecule has 2 rings (SSSR count). The molecule has 9 nitrogen and oxygen atoms in total. The maximum absolute atomic E-state index is 12.4. The van der Waals surface area contributed by atoms with Crippen LogP contribution < -0.4 is 9.03 Å². The summed E-state index contributed by atoms with van der Waals surface area (Å²) in [5.41, 5.74) is 0.286. The lowest BCUT2D eigenvalue weighted by Gasteiger charge is -2.17. The molecule has 1 aromatic carbocycles. The quantitative estimate of drug-likeness (QED) is 0.672. The van der Waals surface area contributed by atoms with Crippen molar-refractivity contribution in [3.8, 4) is 0 Å². The predicted molar refractivity (Wildman–Crippen MR) is 88.9 cm³/mol. The van der Waals surface area contributed by atoms with Crippen LogP contribution in [0.2, 0.25) is 0 Å². The molecule has 0 unspecified atom stereocenters. The lowest BCUT2D eigenvalue weighted by molar-refractivity contribution is -0.141. The van der Waals surface area contributed by atoms with Gasteiger partial charge in [0.05, 0.1) is 22.9 Å². The molecule has 1 aromatic rings. The Hall–Kier alpha value is -1.98. The number of aryl methyl sites for hydroxylation is 1. The molecule has 1 aliphatic rings. The van der Waals surface area contributed by atoms with Crippen molar-refractivity contribution >= 4 is 37.6 Å². The second-order valence-corrected chi connectivity index (χ2v) is 8.98. The summed E-state index contributed by atoms with van der Waals surface area (Å²) in [4.78, 5) is 23.0. The van der Waals surface area contributed by atoms with E-state index in [-0.39, 0.29) is 29.4 Å². The number of rotatable bonds is 6. The fraction of sp³-hybridized carbons (Fsp3) is 0.429. The van der Waals surface area contributed by atoms with Gasteiger partial charge in [0.1, 0.15) is 6.54 Å². The van der Waals surface area contributed by atoms with Crippen molar-refractivity contribution in [2.75, 3.05) is 23.2 Å². The van der Waals surface area contributed by atoms with Crippen LogP contribution in [0.4, 0.5) is 5.69 Å². The molecule has 0 atom stereocenters. The van der Waals surface area contributed by atoms with E-state index in [1.54, 1.807) is 6.92 Å². The standard InChI is InChI=1S/C14H18N2O7S2/c1-3-23-14(18)9-15-25(21,22)12-8-11(5-4-10(12)2)16-13(17)6-7-24(16,19)20/h4-5,8,15H,3,6-7,9H2,1-2H3. The summed E-state index contributed by atoms with van der Waals surface area (Å²) in [5, 5.41) is 0. The van der Waals surface area contributed by atoms with Gasteiger partial charge < -0.3 is 4.74 Å². The van der Waals surface area contributed by atoms with Crippen molar-refractivity contribution in [3.05, 3.63) is 23.8 Å². The van der Waals surface area contributed by atoms with Crippen molar-refractivity contribution in [3.63, 3.8) is 0 Å². The molecule has 11 heteroatoms. The summed E-state index contributed by atoms with van der Waals surface area (Å²) >= 11 is 0. The zero-order valence-corrected chi connectivity index (χ0v) is 15.3.